The van der Waals surface area contributed by atoms with Crippen LogP contribution < -0.4 is 10.6 Å². The summed E-state index contributed by atoms with van der Waals surface area (Å²) < 4.78 is 1.63. The van der Waals surface area contributed by atoms with Gasteiger partial charge in [0, 0.05) is 24.6 Å². The molecule has 0 spiro atoms. The molecule has 0 atom stereocenters. The molecule has 7 nitrogen and oxygen atoms in total. The molecule has 0 bridgehead atoms. The highest BCUT2D eigenvalue weighted by Crippen LogP contribution is 2.33. The Morgan fingerprint density at radius 3 is 2.82 bits per heavy atom. The number of aryl methyl sites for hydroxylation is 2. The minimum absolute atomic E-state index is 0.0791. The first kappa shape index (κ1) is 20.3. The van der Waals surface area contributed by atoms with E-state index in [2.05, 4.69) is 21.2 Å². The predicted molar refractivity (Wildman–Crippen MR) is 114 cm³/mol. The monoisotopic (exact) mass is 417 g/mol. The molecule has 0 saturated carbocycles. The number of rotatable bonds is 7. The molecule has 0 radical (unpaired) electrons. The molecule has 9 heteroatoms. The van der Waals surface area contributed by atoms with E-state index in [4.69, 9.17) is 0 Å². The van der Waals surface area contributed by atoms with Crippen LogP contribution in [0.2, 0.25) is 0 Å². The summed E-state index contributed by atoms with van der Waals surface area (Å²) >= 11 is 2.89. The second-order valence-electron chi connectivity index (χ2n) is 6.52. The summed E-state index contributed by atoms with van der Waals surface area (Å²) in [4.78, 5) is 30.4. The van der Waals surface area contributed by atoms with Gasteiger partial charge in [0.15, 0.2) is 10.3 Å². The molecule has 0 unspecified atom stereocenters. The molecule has 1 aromatic carbocycles. The Bertz CT molecular complexity index is 1040. The first-order chi connectivity index (χ1) is 13.4. The topological polar surface area (TPSA) is 83.9 Å². The van der Waals surface area contributed by atoms with Crippen LogP contribution in [0, 0.1) is 13.8 Å². The van der Waals surface area contributed by atoms with Crippen LogP contribution in [0.15, 0.2) is 33.5 Å². The Morgan fingerprint density at radius 1 is 1.36 bits per heavy atom. The fraction of sp³-hybridized carbons (Fsp3) is 0.368. The van der Waals surface area contributed by atoms with Gasteiger partial charge < -0.3 is 0 Å². The Kier molecular flexibility index (Phi) is 6.35. The minimum Gasteiger partial charge on any atom is -0.274 e. The number of carbonyl (C=O) groups is 1. The zero-order valence-electron chi connectivity index (χ0n) is 16.4. The zero-order valence-corrected chi connectivity index (χ0v) is 18.0. The lowest BCUT2D eigenvalue weighted by atomic mass is 10.1. The van der Waals surface area contributed by atoms with Crippen molar-refractivity contribution >= 4 is 39.8 Å². The van der Waals surface area contributed by atoms with Crippen molar-refractivity contribution in [1.82, 2.24) is 19.7 Å². The lowest BCUT2D eigenvalue weighted by molar-refractivity contribution is -0.115. The number of carbonyl (C=O) groups excluding carboxylic acids is 1. The molecule has 0 fully saturated rings. The van der Waals surface area contributed by atoms with Gasteiger partial charge in [0.05, 0.1) is 11.4 Å². The van der Waals surface area contributed by atoms with Crippen LogP contribution in [0.3, 0.4) is 0 Å². The number of aromatic amines is 1. The van der Waals surface area contributed by atoms with Gasteiger partial charge in [-0.15, -0.1) is 16.4 Å². The molecule has 0 aliphatic rings. The summed E-state index contributed by atoms with van der Waals surface area (Å²) in [6.45, 7) is 8.21. The van der Waals surface area contributed by atoms with Crippen molar-refractivity contribution in [3.8, 4) is 0 Å². The van der Waals surface area contributed by atoms with Crippen LogP contribution >= 0.6 is 23.1 Å². The third-order valence-corrected chi connectivity index (χ3v) is 6.04. The Hall–Kier alpha value is -2.39. The minimum atomic E-state index is -0.194. The van der Waals surface area contributed by atoms with E-state index in [1.807, 2.05) is 38.3 Å². The third-order valence-electron chi connectivity index (χ3n) is 4.16. The fourth-order valence-corrected chi connectivity index (χ4v) is 4.75. The standard InChI is InChI=1S/C19H23N5O2S2/c1-5-8-23-17(26)21-22-19(23)28-11-15-10-27-18(20-15)24(14(4)25)16-7-6-12(2)9-13(16)3/h6-7,9-10H,5,8,11H2,1-4H3,(H,21,26). The average Bonchev–Trinajstić information content (AvgIpc) is 3.23. The molecule has 2 heterocycles. The summed E-state index contributed by atoms with van der Waals surface area (Å²) in [5, 5.41) is 9.82. The number of amides is 1. The Morgan fingerprint density at radius 2 is 2.14 bits per heavy atom. The van der Waals surface area contributed by atoms with Crippen molar-refractivity contribution in [2.45, 2.75) is 51.6 Å². The summed E-state index contributed by atoms with van der Waals surface area (Å²) in [5.74, 6) is 0.493. The summed E-state index contributed by atoms with van der Waals surface area (Å²) in [7, 11) is 0. The molecule has 28 heavy (non-hydrogen) atoms. The SMILES string of the molecule is CCCn1c(SCc2csc(N(C(C)=O)c3ccc(C)cc3C)n2)n[nH]c1=O. The van der Waals surface area contributed by atoms with Gasteiger partial charge in [-0.25, -0.2) is 14.9 Å². The first-order valence-electron chi connectivity index (χ1n) is 9.01. The van der Waals surface area contributed by atoms with Gasteiger partial charge in [-0.1, -0.05) is 36.4 Å². The highest BCUT2D eigenvalue weighted by Gasteiger charge is 2.20. The number of thioether (sulfide) groups is 1. The summed E-state index contributed by atoms with van der Waals surface area (Å²) in [6, 6.07) is 6.00. The van der Waals surface area contributed by atoms with E-state index in [9.17, 15) is 9.59 Å². The van der Waals surface area contributed by atoms with Gasteiger partial charge in [-0.3, -0.25) is 14.3 Å². The van der Waals surface area contributed by atoms with Crippen LogP contribution in [0.25, 0.3) is 0 Å². The lowest BCUT2D eigenvalue weighted by Gasteiger charge is -2.20. The molecule has 1 amide bonds. The van der Waals surface area contributed by atoms with Crippen molar-refractivity contribution < 1.29 is 4.79 Å². The van der Waals surface area contributed by atoms with E-state index < -0.39 is 0 Å². The maximum absolute atomic E-state index is 12.3. The van der Waals surface area contributed by atoms with E-state index in [0.29, 0.717) is 22.6 Å². The van der Waals surface area contributed by atoms with Gasteiger partial charge in [0.1, 0.15) is 0 Å². The first-order valence-corrected chi connectivity index (χ1v) is 10.9. The van der Waals surface area contributed by atoms with E-state index in [-0.39, 0.29) is 11.6 Å². The molecule has 3 aromatic rings. The van der Waals surface area contributed by atoms with Gasteiger partial charge >= 0.3 is 5.69 Å². The van der Waals surface area contributed by atoms with E-state index >= 15 is 0 Å². The number of aromatic nitrogens is 4. The van der Waals surface area contributed by atoms with Crippen LogP contribution in [-0.2, 0) is 17.1 Å². The number of H-pyrrole nitrogens is 1. The molecule has 0 aliphatic carbocycles. The molecule has 148 valence electrons. The van der Waals surface area contributed by atoms with E-state index in [0.717, 1.165) is 28.9 Å². The van der Waals surface area contributed by atoms with Gasteiger partial charge in [0.25, 0.3) is 0 Å². The molecule has 2 aromatic heterocycles. The molecule has 3 rings (SSSR count). The fourth-order valence-electron chi connectivity index (χ4n) is 2.90. The second kappa shape index (κ2) is 8.74. The van der Waals surface area contributed by atoms with E-state index in [1.54, 1.807) is 16.4 Å². The van der Waals surface area contributed by atoms with Crippen LogP contribution in [0.1, 0.15) is 37.1 Å². The van der Waals surface area contributed by atoms with Gasteiger partial charge in [-0.05, 0) is 31.9 Å². The molecule has 0 saturated heterocycles. The molecular formula is C19H23N5O2S2. The zero-order chi connectivity index (χ0) is 20.3. The molecule has 1 N–H and O–H groups in total. The highest BCUT2D eigenvalue weighted by molar-refractivity contribution is 7.98. The lowest BCUT2D eigenvalue weighted by Crippen LogP contribution is -2.23. The number of anilines is 2. The number of hydrogen-bond donors (Lipinski definition) is 1. The number of hydrogen-bond acceptors (Lipinski definition) is 6. The maximum Gasteiger partial charge on any atom is 0.343 e. The number of nitrogens with one attached hydrogen (secondary N) is 1. The number of thiazole rings is 1. The van der Waals surface area contributed by atoms with Gasteiger partial charge in [0.2, 0.25) is 5.91 Å². The van der Waals surface area contributed by atoms with Crippen LogP contribution in [0.5, 0.6) is 0 Å². The van der Waals surface area contributed by atoms with E-state index in [1.165, 1.54) is 23.1 Å². The highest BCUT2D eigenvalue weighted by atomic mass is 32.2. The average molecular weight is 418 g/mol. The van der Waals surface area contributed by atoms with Crippen molar-refractivity contribution in [2.24, 2.45) is 0 Å². The van der Waals surface area contributed by atoms with Crippen molar-refractivity contribution in [2.75, 3.05) is 4.90 Å². The number of benzene rings is 1. The van der Waals surface area contributed by atoms with Crippen molar-refractivity contribution in [3.63, 3.8) is 0 Å². The smallest absolute Gasteiger partial charge is 0.274 e. The predicted octanol–water partition coefficient (Wildman–Crippen LogP) is 4.03. The maximum atomic E-state index is 12.3. The Labute approximate surface area is 171 Å². The van der Waals surface area contributed by atoms with Crippen molar-refractivity contribution in [1.29, 1.82) is 0 Å². The number of nitrogens with zero attached hydrogens (tertiary/aromatic N) is 4. The van der Waals surface area contributed by atoms with Crippen LogP contribution in [0.4, 0.5) is 10.8 Å². The second-order valence-corrected chi connectivity index (χ2v) is 8.30. The molecular weight excluding hydrogens is 394 g/mol. The largest absolute Gasteiger partial charge is 0.343 e. The quantitative estimate of drug-likeness (QED) is 0.587. The van der Waals surface area contributed by atoms with Crippen LogP contribution in [-0.4, -0.2) is 25.7 Å². The summed E-state index contributed by atoms with van der Waals surface area (Å²) in [5.41, 5.74) is 3.68. The van der Waals surface area contributed by atoms with Crippen molar-refractivity contribution in [3.05, 3.63) is 50.9 Å². The summed E-state index contributed by atoms with van der Waals surface area (Å²) in [6.07, 6.45) is 0.858. The third kappa shape index (κ3) is 4.36. The molecule has 0 aliphatic heterocycles. The Balaban J connectivity index is 1.80. The van der Waals surface area contributed by atoms with Gasteiger partial charge in [-0.2, -0.15) is 0 Å². The normalized spacial score (nSPS) is 11.0.